The zero-order valence-corrected chi connectivity index (χ0v) is 61.9. The van der Waals surface area contributed by atoms with Crippen molar-refractivity contribution in [1.82, 2.24) is 0 Å². The van der Waals surface area contributed by atoms with Crippen LogP contribution in [0.15, 0.2) is 261 Å². The van der Waals surface area contributed by atoms with E-state index in [2.05, 4.69) is 263 Å². The Hall–Kier alpha value is -6.18. The average molecular weight is 1360 g/mol. The minimum absolute atomic E-state index is 0.0740. The molecule has 0 amide bonds. The number of allylic oxidation sites excluding steroid dienone is 32. The molecule has 9 heteroatoms. The third kappa shape index (κ3) is 6.87. The molecule has 0 bridgehead atoms. The Balaban J connectivity index is 1.23. The van der Waals surface area contributed by atoms with Crippen molar-refractivity contribution in [1.29, 1.82) is 0 Å². The van der Waals surface area contributed by atoms with Crippen LogP contribution in [0.2, 0.25) is 24.1 Å². The molecule has 14 rings (SSSR count). The van der Waals surface area contributed by atoms with E-state index in [-0.39, 0.29) is 23.7 Å². The van der Waals surface area contributed by atoms with E-state index < -0.39 is 43.5 Å². The molecule has 8 unspecified atom stereocenters. The fourth-order valence-electron chi connectivity index (χ4n) is 22.9. The molecule has 466 valence electrons. The summed E-state index contributed by atoms with van der Waals surface area (Å²) in [5.41, 5.74) is 26.2. The third-order valence-corrected chi connectivity index (χ3v) is 109. The Morgan fingerprint density at radius 2 is 0.582 bits per heavy atom. The van der Waals surface area contributed by atoms with Crippen LogP contribution in [0, 0.1) is 27.7 Å². The first-order chi connectivity index (χ1) is 43.9. The fraction of sp³-hybridized carbons (Fsp3) is 0.317. The van der Waals surface area contributed by atoms with Crippen LogP contribution >= 0.6 is 17.0 Å². The van der Waals surface area contributed by atoms with E-state index in [0.29, 0.717) is 0 Å². The number of aryl methyl sites for hydroxylation is 4. The van der Waals surface area contributed by atoms with Crippen LogP contribution in [0.3, 0.4) is 0 Å². The zero-order chi connectivity index (χ0) is 64.0. The van der Waals surface area contributed by atoms with E-state index in [9.17, 15) is 17.0 Å². The van der Waals surface area contributed by atoms with Gasteiger partial charge >= 0.3 is 554 Å². The molecule has 10 aliphatic rings. The first-order valence-electron chi connectivity index (χ1n) is 33.4. The summed E-state index contributed by atoms with van der Waals surface area (Å²) < 4.78 is 21.0. The Bertz CT molecular complexity index is 3880. The van der Waals surface area contributed by atoms with Gasteiger partial charge in [-0.05, 0) is 0 Å². The fourth-order valence-corrected chi connectivity index (χ4v) is 146. The molecule has 0 saturated carbocycles. The molecule has 2 fully saturated rings. The van der Waals surface area contributed by atoms with Crippen molar-refractivity contribution < 1.29 is 33.9 Å². The summed E-state index contributed by atoms with van der Waals surface area (Å²) in [5.74, 6) is 3.28. The molecule has 4 aromatic carbocycles. The quantitative estimate of drug-likeness (QED) is 0.133. The maximum absolute atomic E-state index is 11.7. The second-order valence-electron chi connectivity index (χ2n) is 27.6. The van der Waals surface area contributed by atoms with Gasteiger partial charge < -0.3 is 0 Å². The molecular formula is C82H88Cl2O4Si2Zr. The first-order valence-corrected chi connectivity index (χ1v) is 49.3. The van der Waals surface area contributed by atoms with Crippen LogP contribution in [0.4, 0.5) is 0 Å². The van der Waals surface area contributed by atoms with Gasteiger partial charge in [-0.1, -0.05) is 0 Å². The first kappa shape index (κ1) is 62.3. The Labute approximate surface area is 549 Å². The summed E-state index contributed by atoms with van der Waals surface area (Å²) >= 11 is -7.78. The topological polar surface area (TPSA) is 36.9 Å². The number of ether oxygens (including phenoxy) is 4. The van der Waals surface area contributed by atoms with Gasteiger partial charge in [0, 0.05) is 0 Å². The molecule has 0 aromatic heterocycles. The Kier molecular flexibility index (Phi) is 14.8. The van der Waals surface area contributed by atoms with E-state index in [4.69, 9.17) is 18.9 Å². The second kappa shape index (κ2) is 21.7. The van der Waals surface area contributed by atoms with E-state index in [1.54, 1.807) is 28.4 Å². The van der Waals surface area contributed by atoms with Crippen molar-refractivity contribution >= 4 is 34.6 Å². The van der Waals surface area contributed by atoms with Crippen LogP contribution in [0.25, 0.3) is 0 Å². The third-order valence-electron chi connectivity index (χ3n) is 25.1. The van der Waals surface area contributed by atoms with Gasteiger partial charge in [0.05, 0.1) is 0 Å². The van der Waals surface area contributed by atoms with Crippen LogP contribution in [-0.2, 0) is 14.9 Å². The van der Waals surface area contributed by atoms with Gasteiger partial charge in [-0.15, -0.1) is 0 Å². The number of halogens is 2. The van der Waals surface area contributed by atoms with Crippen molar-refractivity contribution in [3.05, 3.63) is 306 Å². The predicted octanol–water partition coefficient (Wildman–Crippen LogP) is 21.5. The number of methoxy groups -OCH3 is 4. The van der Waals surface area contributed by atoms with Crippen molar-refractivity contribution in [3.8, 4) is 23.0 Å². The minimum atomic E-state index is -7.78. The van der Waals surface area contributed by atoms with Gasteiger partial charge in [0.25, 0.3) is 0 Å². The van der Waals surface area contributed by atoms with E-state index in [0.717, 1.165) is 70.9 Å². The molecule has 8 atom stereocenters. The normalized spacial score (nSPS) is 31.8. The Morgan fingerprint density at radius 3 is 0.769 bits per heavy atom. The van der Waals surface area contributed by atoms with Gasteiger partial charge in [-0.3, -0.25) is 0 Å². The van der Waals surface area contributed by atoms with E-state index in [1.165, 1.54) is 89.1 Å². The van der Waals surface area contributed by atoms with E-state index in [1.807, 2.05) is 0 Å². The van der Waals surface area contributed by atoms with Gasteiger partial charge in [-0.2, -0.15) is 0 Å². The van der Waals surface area contributed by atoms with Crippen molar-refractivity contribution in [2.24, 2.45) is 0 Å². The molecule has 91 heavy (non-hydrogen) atoms. The van der Waals surface area contributed by atoms with Gasteiger partial charge in [0.15, 0.2) is 0 Å². The SMILES string of the molecule is CCC1=CC2=C(C=CC=CC2c2ccc(OC)c(C)c2)[C]12[SiH](C)[C]1(C(CC)=CC3=C1C=CC=CC3c1ccc(OC)c(C)c1)[Zr]21([Cl])([Cl])[C]2(C(CC)=CC3=C2C=CC=CC3c2ccc(OC)c(C)c2)[SiH](C)[C]12C(CC)=CC1=C2C=CC=CC1c1ccc(OC)c(C)c1. The molecule has 2 aliphatic heterocycles. The van der Waals surface area contributed by atoms with Gasteiger partial charge in [0.2, 0.25) is 0 Å². The number of rotatable bonds is 12. The standard InChI is InChI=1S/2C41H44O2Si.2ClH.Zr/c2*1-8-28-24-36-32(30-18-20-38(42-5)26(3)22-30)14-10-12-16-34(36)40(28)44(7)41-29(9-2)25-37-33(15-11-13-17-35(37)41)31-19-21-39(43-6)27(4)23-31;;;/h2*10-25,32-33,44H,8-9H2,1-7H3;2*1H;/q;;;;+2/p-2. The molecule has 2 heterocycles. The molecule has 8 aliphatic carbocycles. The molecule has 5 spiro atoms. The maximum atomic E-state index is 11.7. The van der Waals surface area contributed by atoms with Crippen LogP contribution in [-0.4, -0.2) is 46.0 Å². The summed E-state index contributed by atoms with van der Waals surface area (Å²) in [7, 11) is 25.3. The molecule has 0 radical (unpaired) electrons. The van der Waals surface area contributed by atoms with Crippen molar-refractivity contribution in [2.45, 2.75) is 129 Å². The summed E-state index contributed by atoms with van der Waals surface area (Å²) in [6.07, 6.45) is 53.0. The molecule has 0 N–H and O–H groups in total. The van der Waals surface area contributed by atoms with Crippen LogP contribution in [0.5, 0.6) is 23.0 Å². The second-order valence-corrected chi connectivity index (χ2v) is 67.5. The molecule has 4 aromatic rings. The van der Waals surface area contributed by atoms with Crippen LogP contribution in [0.1, 0.15) is 122 Å². The summed E-state index contributed by atoms with van der Waals surface area (Å²) in [6, 6.07) is 27.4. The zero-order valence-electron chi connectivity index (χ0n) is 55.7. The average Bonchev–Trinajstić information content (AvgIpc) is 1.53. The summed E-state index contributed by atoms with van der Waals surface area (Å²) in [5, 5.41) is 0. The molecular weight excluding hydrogens is 1270 g/mol. The van der Waals surface area contributed by atoms with Crippen LogP contribution < -0.4 is 18.9 Å². The van der Waals surface area contributed by atoms with Crippen molar-refractivity contribution in [3.63, 3.8) is 0 Å². The molecule has 4 nitrogen and oxygen atoms in total. The Morgan fingerprint density at radius 1 is 0.363 bits per heavy atom. The number of benzene rings is 4. The van der Waals surface area contributed by atoms with E-state index >= 15 is 0 Å². The van der Waals surface area contributed by atoms with Gasteiger partial charge in [0.1, 0.15) is 0 Å². The number of fused-ring (bicyclic) bond motifs is 8. The number of hydrogen-bond acceptors (Lipinski definition) is 4. The monoisotopic (exact) mass is 1350 g/mol. The predicted molar refractivity (Wildman–Crippen MR) is 385 cm³/mol. The number of hydrogen-bond donors (Lipinski definition) is 0. The summed E-state index contributed by atoms with van der Waals surface area (Å²) in [4.78, 5) is 0. The van der Waals surface area contributed by atoms with Crippen molar-refractivity contribution in [2.75, 3.05) is 28.4 Å². The van der Waals surface area contributed by atoms with Gasteiger partial charge in [-0.25, -0.2) is 0 Å². The summed E-state index contributed by atoms with van der Waals surface area (Å²) in [6.45, 7) is 24.1. The molecule has 2 saturated heterocycles.